The van der Waals surface area contributed by atoms with E-state index >= 15 is 0 Å². The van der Waals surface area contributed by atoms with Crippen LogP contribution in [0.2, 0.25) is 0 Å². The van der Waals surface area contributed by atoms with Crippen LogP contribution in [0.4, 0.5) is 0 Å². The van der Waals surface area contributed by atoms with Gasteiger partial charge in [-0.2, -0.15) is 0 Å². The Labute approximate surface area is 213 Å². The molecule has 0 aliphatic heterocycles. The van der Waals surface area contributed by atoms with Crippen LogP contribution in [0.1, 0.15) is 75.3 Å². The molecule has 0 amide bonds. The molecule has 2 N–H and O–H groups in total. The minimum absolute atomic E-state index is 0.162. The minimum Gasteiger partial charge on any atom is -0.493 e. The van der Waals surface area contributed by atoms with Crippen molar-refractivity contribution in [3.05, 3.63) is 59.7 Å². The summed E-state index contributed by atoms with van der Waals surface area (Å²) in [5.74, 6) is 1.78. The first kappa shape index (κ1) is 24.6. The summed E-state index contributed by atoms with van der Waals surface area (Å²) in [5.41, 5.74) is 4.63. The molecule has 2 unspecified atom stereocenters. The Kier molecular flexibility index (Phi) is 7.17. The highest BCUT2D eigenvalue weighted by Gasteiger charge is 2.49. The normalized spacial score (nSPS) is 26.7. The summed E-state index contributed by atoms with van der Waals surface area (Å²) >= 11 is 0. The molecule has 36 heavy (non-hydrogen) atoms. The average molecular weight is 489 g/mol. The second-order valence-corrected chi connectivity index (χ2v) is 11.2. The summed E-state index contributed by atoms with van der Waals surface area (Å²) in [6.45, 7) is 0.537. The fourth-order valence-corrected chi connectivity index (χ4v) is 7.26. The topological polar surface area (TPSA) is 83.8 Å². The highest BCUT2D eigenvalue weighted by Crippen LogP contribution is 2.59. The summed E-state index contributed by atoms with van der Waals surface area (Å²) in [6.07, 6.45) is 13.5. The van der Waals surface area contributed by atoms with Gasteiger partial charge in [0.2, 0.25) is 0 Å². The minimum atomic E-state index is -0.950. The lowest BCUT2D eigenvalue weighted by molar-refractivity contribution is -0.137. The third kappa shape index (κ3) is 5.50. The molecule has 4 aliphatic rings. The van der Waals surface area contributed by atoms with Gasteiger partial charge in [-0.25, -0.2) is 4.79 Å². The van der Waals surface area contributed by atoms with Gasteiger partial charge in [0.05, 0.1) is 6.61 Å². The van der Waals surface area contributed by atoms with Crippen molar-refractivity contribution in [3.63, 3.8) is 0 Å². The molecule has 2 atom stereocenters. The molecule has 190 valence electrons. The van der Waals surface area contributed by atoms with Crippen LogP contribution < -0.4 is 4.74 Å². The number of unbranched alkanes of at least 4 members (excludes halogenated alkanes) is 1. The van der Waals surface area contributed by atoms with Gasteiger partial charge in [0.1, 0.15) is 5.75 Å². The lowest BCUT2D eigenvalue weighted by Gasteiger charge is -2.46. The smallest absolute Gasteiger partial charge is 0.328 e. The van der Waals surface area contributed by atoms with Gasteiger partial charge in [-0.1, -0.05) is 30.3 Å². The summed E-state index contributed by atoms with van der Waals surface area (Å²) in [4.78, 5) is 21.7. The van der Waals surface area contributed by atoms with Crippen molar-refractivity contribution >= 4 is 18.0 Å². The average Bonchev–Trinajstić information content (AvgIpc) is 3.06. The number of hydrogen-bond donors (Lipinski definition) is 2. The summed E-state index contributed by atoms with van der Waals surface area (Å²) in [6, 6.07) is 14.6. The number of ether oxygens (including phenoxy) is 1. The van der Waals surface area contributed by atoms with E-state index in [1.54, 1.807) is 6.08 Å². The molecule has 5 heteroatoms. The maximum Gasteiger partial charge on any atom is 0.328 e. The van der Waals surface area contributed by atoms with E-state index in [-0.39, 0.29) is 11.8 Å². The predicted molar refractivity (Wildman–Crippen MR) is 140 cm³/mol. The van der Waals surface area contributed by atoms with Crippen LogP contribution in [0.5, 0.6) is 5.75 Å². The Morgan fingerprint density at radius 3 is 2.31 bits per heavy atom. The quantitative estimate of drug-likeness (QED) is 0.279. The van der Waals surface area contributed by atoms with E-state index in [1.807, 2.05) is 12.1 Å². The van der Waals surface area contributed by atoms with Crippen LogP contribution in [0.15, 0.2) is 48.5 Å². The van der Waals surface area contributed by atoms with Crippen molar-refractivity contribution in [2.75, 3.05) is 6.61 Å². The van der Waals surface area contributed by atoms with Crippen molar-refractivity contribution in [1.29, 1.82) is 0 Å². The van der Waals surface area contributed by atoms with Crippen LogP contribution in [0.3, 0.4) is 0 Å². The van der Waals surface area contributed by atoms with Gasteiger partial charge in [0, 0.05) is 18.1 Å². The fraction of sp³-hybridized carbons (Fsp3) is 0.484. The molecule has 6 rings (SSSR count). The van der Waals surface area contributed by atoms with Crippen molar-refractivity contribution in [3.8, 4) is 16.9 Å². The van der Waals surface area contributed by atoms with Crippen LogP contribution >= 0.6 is 0 Å². The number of aliphatic carboxylic acids is 2. The highest BCUT2D eigenvalue weighted by molar-refractivity contribution is 5.85. The summed E-state index contributed by atoms with van der Waals surface area (Å²) in [7, 11) is 0. The first-order valence-electron chi connectivity index (χ1n) is 13.4. The highest BCUT2D eigenvalue weighted by atomic mass is 16.5. The van der Waals surface area contributed by atoms with E-state index < -0.39 is 11.9 Å². The van der Waals surface area contributed by atoms with Gasteiger partial charge in [-0.15, -0.1) is 0 Å². The van der Waals surface area contributed by atoms with E-state index in [1.165, 1.54) is 50.5 Å². The van der Waals surface area contributed by atoms with E-state index in [2.05, 4.69) is 30.3 Å². The number of rotatable bonds is 10. The van der Waals surface area contributed by atoms with Crippen LogP contribution in [-0.2, 0) is 15.0 Å². The molecule has 0 aromatic heterocycles. The second kappa shape index (κ2) is 10.5. The molecule has 5 nitrogen and oxygen atoms in total. The molecule has 4 aliphatic carbocycles. The Morgan fingerprint density at radius 1 is 0.917 bits per heavy atom. The van der Waals surface area contributed by atoms with Gasteiger partial charge in [-0.3, -0.25) is 4.79 Å². The zero-order valence-electron chi connectivity index (χ0n) is 20.8. The van der Waals surface area contributed by atoms with Crippen molar-refractivity contribution in [2.24, 2.45) is 17.8 Å². The first-order valence-corrected chi connectivity index (χ1v) is 13.4. The van der Waals surface area contributed by atoms with E-state index in [0.717, 1.165) is 52.7 Å². The lowest BCUT2D eigenvalue weighted by Crippen LogP contribution is -2.37. The fourth-order valence-electron chi connectivity index (χ4n) is 7.26. The molecule has 0 radical (unpaired) electrons. The number of carboxylic acid groups (broad SMARTS) is 2. The number of carbonyl (C=O) groups is 2. The molecule has 4 bridgehead atoms. The zero-order chi connectivity index (χ0) is 25.1. The summed E-state index contributed by atoms with van der Waals surface area (Å²) in [5, 5.41) is 17.8. The van der Waals surface area contributed by atoms with Crippen LogP contribution in [-0.4, -0.2) is 28.8 Å². The monoisotopic (exact) mass is 488 g/mol. The molecule has 4 fully saturated rings. The number of benzene rings is 2. The number of hydrogen-bond acceptors (Lipinski definition) is 3. The molecule has 4 saturated carbocycles. The van der Waals surface area contributed by atoms with Gasteiger partial charge in [0.15, 0.2) is 0 Å². The Morgan fingerprint density at radius 2 is 1.61 bits per heavy atom. The van der Waals surface area contributed by atoms with E-state index in [9.17, 15) is 9.59 Å². The van der Waals surface area contributed by atoms with E-state index in [4.69, 9.17) is 14.9 Å². The molecule has 2 aromatic rings. The maximum atomic E-state index is 10.9. The molecular formula is C31H36O5. The summed E-state index contributed by atoms with van der Waals surface area (Å²) < 4.78 is 6.35. The van der Waals surface area contributed by atoms with Gasteiger partial charge in [-0.05, 0) is 116 Å². The SMILES string of the molecule is O=C(O)/C=C/c1ccc(-c2ccc(OCCCCC(=O)O)c(C34CCC5CC(CC(C5)C3)C4)c2)cc1. The molecule has 0 saturated heterocycles. The molecule has 0 spiro atoms. The second-order valence-electron chi connectivity index (χ2n) is 11.2. The number of carboxylic acids is 2. The lowest BCUT2D eigenvalue weighted by atomic mass is 9.59. The standard InChI is InChI=1S/C31H36O5/c32-29(33)3-1-2-14-36-28-10-9-26(25-7-4-21(5-8-25)6-11-30(34)35)18-27(28)31-13-12-22-15-23(19-31)17-24(16-22)20-31/h4-11,18,22-24H,1-3,12-17,19-20H2,(H,32,33)(H,34,35)/b11-6+. The third-order valence-corrected chi connectivity index (χ3v) is 8.65. The largest absolute Gasteiger partial charge is 0.493 e. The molecule has 0 heterocycles. The van der Waals surface area contributed by atoms with E-state index in [0.29, 0.717) is 13.0 Å². The van der Waals surface area contributed by atoms with Crippen molar-refractivity contribution < 1.29 is 24.5 Å². The van der Waals surface area contributed by atoms with Crippen LogP contribution in [0, 0.1) is 17.8 Å². The van der Waals surface area contributed by atoms with Crippen molar-refractivity contribution in [2.45, 2.75) is 69.6 Å². The van der Waals surface area contributed by atoms with Crippen molar-refractivity contribution in [1.82, 2.24) is 0 Å². The predicted octanol–water partition coefficient (Wildman–Crippen LogP) is 6.94. The molecular weight excluding hydrogens is 452 g/mol. The third-order valence-electron chi connectivity index (χ3n) is 8.65. The number of fused-ring (bicyclic) bond motifs is 1. The van der Waals surface area contributed by atoms with Gasteiger partial charge >= 0.3 is 11.9 Å². The zero-order valence-corrected chi connectivity index (χ0v) is 20.8. The van der Waals surface area contributed by atoms with Crippen LogP contribution in [0.25, 0.3) is 17.2 Å². The first-order chi connectivity index (χ1) is 17.4. The Hall–Kier alpha value is -3.08. The van der Waals surface area contributed by atoms with Gasteiger partial charge in [0.25, 0.3) is 0 Å². The molecule has 2 aromatic carbocycles. The Balaban J connectivity index is 1.44. The Bertz CT molecular complexity index is 1120. The maximum absolute atomic E-state index is 10.9. The van der Waals surface area contributed by atoms with Gasteiger partial charge < -0.3 is 14.9 Å².